The van der Waals surface area contributed by atoms with E-state index in [0.29, 0.717) is 11.7 Å². The van der Waals surface area contributed by atoms with Crippen LogP contribution in [-0.2, 0) is 6.61 Å². The summed E-state index contributed by atoms with van der Waals surface area (Å²) < 4.78 is 11.8. The first-order valence-electron chi connectivity index (χ1n) is 6.63. The summed E-state index contributed by atoms with van der Waals surface area (Å²) in [4.78, 5) is 10.9. The first-order chi connectivity index (χ1) is 9.88. The van der Waals surface area contributed by atoms with Crippen molar-refractivity contribution in [3.63, 3.8) is 0 Å². The van der Waals surface area contributed by atoms with Crippen LogP contribution in [-0.4, -0.2) is 11.1 Å². The van der Waals surface area contributed by atoms with E-state index in [4.69, 9.17) is 14.3 Å². The van der Waals surface area contributed by atoms with Crippen LogP contribution in [0.1, 0.15) is 47.2 Å². The molecule has 0 atom stereocenters. The van der Waals surface area contributed by atoms with Gasteiger partial charge in [-0.3, -0.25) is 0 Å². The number of carboxylic acids is 1. The molecule has 1 heterocycles. The zero-order valence-corrected chi connectivity index (χ0v) is 13.7. The van der Waals surface area contributed by atoms with Gasteiger partial charge in [-0.1, -0.05) is 19.9 Å². The van der Waals surface area contributed by atoms with Crippen molar-refractivity contribution in [2.75, 3.05) is 0 Å². The average Bonchev–Trinajstić information content (AvgIpc) is 2.79. The monoisotopic (exact) mass is 352 g/mol. The molecule has 0 amide bonds. The van der Waals surface area contributed by atoms with Gasteiger partial charge in [-0.25, -0.2) is 4.79 Å². The number of hydrogen-bond donors (Lipinski definition) is 1. The number of benzene rings is 1. The molecule has 21 heavy (non-hydrogen) atoms. The van der Waals surface area contributed by atoms with E-state index in [2.05, 4.69) is 29.8 Å². The fraction of sp³-hybridized carbons (Fsp3) is 0.312. The van der Waals surface area contributed by atoms with Crippen molar-refractivity contribution >= 4 is 21.9 Å². The van der Waals surface area contributed by atoms with Crippen LogP contribution >= 0.6 is 15.9 Å². The van der Waals surface area contributed by atoms with Crippen molar-refractivity contribution in [1.29, 1.82) is 0 Å². The van der Waals surface area contributed by atoms with E-state index in [-0.39, 0.29) is 12.4 Å². The van der Waals surface area contributed by atoms with Gasteiger partial charge < -0.3 is 14.3 Å². The van der Waals surface area contributed by atoms with Crippen LogP contribution in [0.3, 0.4) is 0 Å². The highest BCUT2D eigenvalue weighted by Gasteiger charge is 2.14. The van der Waals surface area contributed by atoms with Gasteiger partial charge in [0.1, 0.15) is 18.1 Å². The van der Waals surface area contributed by atoms with Gasteiger partial charge in [-0.15, -0.1) is 0 Å². The van der Waals surface area contributed by atoms with Gasteiger partial charge in [-0.05, 0) is 52.5 Å². The maximum atomic E-state index is 10.9. The third-order valence-electron chi connectivity index (χ3n) is 3.24. The Balaban J connectivity index is 2.11. The number of ether oxygens (including phenoxy) is 1. The smallest absolute Gasteiger partial charge is 0.371 e. The maximum absolute atomic E-state index is 10.9. The van der Waals surface area contributed by atoms with Crippen molar-refractivity contribution in [3.05, 3.63) is 51.4 Å². The number of halogens is 1. The summed E-state index contributed by atoms with van der Waals surface area (Å²) >= 11 is 3.49. The molecule has 1 aromatic heterocycles. The molecular weight excluding hydrogens is 336 g/mol. The number of furan rings is 1. The minimum Gasteiger partial charge on any atom is -0.488 e. The Morgan fingerprint density at radius 2 is 2.10 bits per heavy atom. The molecule has 0 saturated carbocycles. The normalized spacial score (nSPS) is 10.9. The number of aromatic carboxylic acids is 1. The second kappa shape index (κ2) is 6.35. The third kappa shape index (κ3) is 3.67. The lowest BCUT2D eigenvalue weighted by atomic mass is 10.0. The first-order valence-corrected chi connectivity index (χ1v) is 7.42. The molecule has 0 radical (unpaired) electrons. The van der Waals surface area contributed by atoms with E-state index < -0.39 is 5.97 Å². The number of carbonyl (C=O) groups is 1. The first kappa shape index (κ1) is 15.6. The molecule has 0 saturated heterocycles. The van der Waals surface area contributed by atoms with Crippen LogP contribution in [0.25, 0.3) is 0 Å². The number of hydrogen-bond acceptors (Lipinski definition) is 3. The standard InChI is InChI=1S/C16H17BrO4/c1-9(2)11-4-5-14(13(17)6-11)20-8-12-7-15(16(18)19)21-10(12)3/h4-7,9H,8H2,1-3H3,(H,18,19). The fourth-order valence-corrected chi connectivity index (χ4v) is 2.43. The topological polar surface area (TPSA) is 59.7 Å². The van der Waals surface area contributed by atoms with Crippen molar-refractivity contribution in [2.24, 2.45) is 0 Å². The zero-order valence-electron chi connectivity index (χ0n) is 12.1. The molecule has 1 N–H and O–H groups in total. The van der Waals surface area contributed by atoms with Crippen LogP contribution < -0.4 is 4.74 Å². The molecule has 5 heteroatoms. The SMILES string of the molecule is Cc1oc(C(=O)O)cc1COc1ccc(C(C)C)cc1Br. The lowest BCUT2D eigenvalue weighted by molar-refractivity contribution is 0.0661. The van der Waals surface area contributed by atoms with Gasteiger partial charge in [-0.2, -0.15) is 0 Å². The van der Waals surface area contributed by atoms with Crippen LogP contribution in [0.5, 0.6) is 5.75 Å². The highest BCUT2D eigenvalue weighted by molar-refractivity contribution is 9.10. The van der Waals surface area contributed by atoms with Crippen LogP contribution in [0.4, 0.5) is 0 Å². The number of rotatable bonds is 5. The Kier molecular flexibility index (Phi) is 4.73. The largest absolute Gasteiger partial charge is 0.488 e. The predicted molar refractivity (Wildman–Crippen MR) is 83.0 cm³/mol. The highest BCUT2D eigenvalue weighted by Crippen LogP contribution is 2.30. The molecule has 112 valence electrons. The van der Waals surface area contributed by atoms with E-state index in [9.17, 15) is 4.79 Å². The highest BCUT2D eigenvalue weighted by atomic mass is 79.9. The van der Waals surface area contributed by atoms with E-state index in [1.807, 2.05) is 18.2 Å². The molecule has 0 fully saturated rings. The Bertz CT molecular complexity index is 658. The summed E-state index contributed by atoms with van der Waals surface area (Å²) in [5.41, 5.74) is 1.95. The zero-order chi connectivity index (χ0) is 15.6. The molecule has 0 aliphatic heterocycles. The number of carboxylic acid groups (broad SMARTS) is 1. The molecule has 0 aliphatic rings. The van der Waals surface area contributed by atoms with Gasteiger partial charge in [0.2, 0.25) is 5.76 Å². The summed E-state index contributed by atoms with van der Waals surface area (Å²) in [6.07, 6.45) is 0. The van der Waals surface area contributed by atoms with Gasteiger partial charge in [0, 0.05) is 5.56 Å². The Morgan fingerprint density at radius 3 is 2.62 bits per heavy atom. The molecule has 4 nitrogen and oxygen atoms in total. The van der Waals surface area contributed by atoms with Gasteiger partial charge >= 0.3 is 5.97 Å². The molecule has 0 aliphatic carbocycles. The molecule has 0 spiro atoms. The summed E-state index contributed by atoms with van der Waals surface area (Å²) in [6.45, 7) is 6.25. The van der Waals surface area contributed by atoms with Gasteiger partial charge in [0.15, 0.2) is 0 Å². The molecule has 1 aromatic carbocycles. The summed E-state index contributed by atoms with van der Waals surface area (Å²) in [5, 5.41) is 8.89. The fourth-order valence-electron chi connectivity index (χ4n) is 1.92. The second-order valence-electron chi connectivity index (χ2n) is 5.13. The van der Waals surface area contributed by atoms with E-state index in [1.165, 1.54) is 11.6 Å². The molecule has 2 rings (SSSR count). The summed E-state index contributed by atoms with van der Waals surface area (Å²) in [6, 6.07) is 7.46. The predicted octanol–water partition coefficient (Wildman–Crippen LogP) is 4.75. The lowest BCUT2D eigenvalue weighted by Gasteiger charge is -2.11. The summed E-state index contributed by atoms with van der Waals surface area (Å²) in [7, 11) is 0. The van der Waals surface area contributed by atoms with Crippen LogP contribution in [0.2, 0.25) is 0 Å². The molecule has 0 bridgehead atoms. The average molecular weight is 353 g/mol. The van der Waals surface area contributed by atoms with E-state index >= 15 is 0 Å². The second-order valence-corrected chi connectivity index (χ2v) is 5.98. The molecule has 0 unspecified atom stereocenters. The van der Waals surface area contributed by atoms with E-state index in [0.717, 1.165) is 15.8 Å². The lowest BCUT2D eigenvalue weighted by Crippen LogP contribution is -1.97. The van der Waals surface area contributed by atoms with Crippen LogP contribution in [0, 0.1) is 6.92 Å². The van der Waals surface area contributed by atoms with Crippen molar-refractivity contribution in [2.45, 2.75) is 33.3 Å². The van der Waals surface area contributed by atoms with Crippen molar-refractivity contribution in [3.8, 4) is 5.75 Å². The van der Waals surface area contributed by atoms with Crippen LogP contribution in [0.15, 0.2) is 33.2 Å². The Morgan fingerprint density at radius 1 is 1.38 bits per heavy atom. The van der Waals surface area contributed by atoms with Crippen molar-refractivity contribution in [1.82, 2.24) is 0 Å². The quantitative estimate of drug-likeness (QED) is 0.843. The summed E-state index contributed by atoms with van der Waals surface area (Å²) in [5.74, 6) is 0.580. The minimum absolute atomic E-state index is 0.0691. The Hall–Kier alpha value is -1.75. The minimum atomic E-state index is -1.08. The van der Waals surface area contributed by atoms with E-state index in [1.54, 1.807) is 6.92 Å². The van der Waals surface area contributed by atoms with Gasteiger partial charge in [0.05, 0.1) is 4.47 Å². The Labute approximate surface area is 131 Å². The number of aryl methyl sites for hydroxylation is 1. The van der Waals surface area contributed by atoms with Crippen molar-refractivity contribution < 1.29 is 19.1 Å². The third-order valence-corrected chi connectivity index (χ3v) is 3.86. The van der Waals surface area contributed by atoms with Gasteiger partial charge in [0.25, 0.3) is 0 Å². The molecule has 2 aromatic rings. The molecular formula is C16H17BrO4. The maximum Gasteiger partial charge on any atom is 0.371 e.